The maximum atomic E-state index is 12.3. The molecule has 0 saturated carbocycles. The van der Waals surface area contributed by atoms with Gasteiger partial charge in [-0.3, -0.25) is 9.79 Å². The predicted octanol–water partition coefficient (Wildman–Crippen LogP) is 2.81. The number of aromatic hydroxyl groups is 1. The summed E-state index contributed by atoms with van der Waals surface area (Å²) in [5.41, 5.74) is 1.77. The van der Waals surface area contributed by atoms with E-state index >= 15 is 0 Å². The van der Waals surface area contributed by atoms with E-state index in [1.807, 2.05) is 0 Å². The molecule has 0 radical (unpaired) electrons. The average Bonchev–Trinajstić information content (AvgIpc) is 2.66. The molecule has 1 aliphatic rings. The highest BCUT2D eigenvalue weighted by Crippen LogP contribution is 2.31. The molecule has 2 aromatic rings. The van der Waals surface area contributed by atoms with Crippen LogP contribution < -0.4 is 5.32 Å². The van der Waals surface area contributed by atoms with Gasteiger partial charge in [-0.2, -0.15) is 0 Å². The molecule has 0 aromatic heterocycles. The number of hydrogen-bond acceptors (Lipinski definition) is 4. The molecule has 1 aliphatic heterocycles. The first-order valence-electron chi connectivity index (χ1n) is 7.66. The average molecular weight is 389 g/mol. The topological polar surface area (TPSA) is 81.9 Å². The summed E-state index contributed by atoms with van der Waals surface area (Å²) in [5, 5.41) is 23.8. The van der Waals surface area contributed by atoms with Crippen LogP contribution >= 0.6 is 15.9 Å². The number of carbonyl (C=O) groups excluding carboxylic acids is 1. The zero-order chi connectivity index (χ0) is 17.1. The lowest BCUT2D eigenvalue weighted by atomic mass is 9.94. The van der Waals surface area contributed by atoms with Crippen molar-refractivity contribution in [1.82, 2.24) is 5.32 Å². The summed E-state index contributed by atoms with van der Waals surface area (Å²) in [6.07, 6.45) is -0.449. The summed E-state index contributed by atoms with van der Waals surface area (Å²) in [6, 6.07) is 11.9. The van der Waals surface area contributed by atoms with Crippen molar-refractivity contribution in [3.05, 3.63) is 63.6 Å². The van der Waals surface area contributed by atoms with E-state index in [0.717, 1.165) is 4.47 Å². The van der Waals surface area contributed by atoms with E-state index in [0.29, 0.717) is 41.9 Å². The third-order valence-electron chi connectivity index (χ3n) is 3.89. The van der Waals surface area contributed by atoms with E-state index in [-0.39, 0.29) is 11.7 Å². The van der Waals surface area contributed by atoms with Gasteiger partial charge in [0, 0.05) is 34.3 Å². The van der Waals surface area contributed by atoms with Crippen LogP contribution in [0.2, 0.25) is 0 Å². The Bertz CT molecular complexity index is 805. The van der Waals surface area contributed by atoms with Gasteiger partial charge in [0.2, 0.25) is 0 Å². The maximum Gasteiger partial charge on any atom is 0.251 e. The molecule has 5 nitrogen and oxygen atoms in total. The van der Waals surface area contributed by atoms with E-state index in [1.165, 1.54) is 6.07 Å². The van der Waals surface area contributed by atoms with Gasteiger partial charge in [0.25, 0.3) is 5.91 Å². The first-order chi connectivity index (χ1) is 11.6. The van der Waals surface area contributed by atoms with Gasteiger partial charge < -0.3 is 15.5 Å². The first-order valence-corrected chi connectivity index (χ1v) is 8.45. The number of nitrogens with one attached hydrogen (secondary N) is 1. The highest BCUT2D eigenvalue weighted by Gasteiger charge is 2.25. The van der Waals surface area contributed by atoms with E-state index < -0.39 is 6.10 Å². The van der Waals surface area contributed by atoms with Crippen LogP contribution in [-0.2, 0) is 0 Å². The Morgan fingerprint density at radius 2 is 1.92 bits per heavy atom. The van der Waals surface area contributed by atoms with Gasteiger partial charge in [0.15, 0.2) is 0 Å². The number of halogens is 1. The fourth-order valence-electron chi connectivity index (χ4n) is 2.69. The monoisotopic (exact) mass is 388 g/mol. The Morgan fingerprint density at radius 3 is 2.71 bits per heavy atom. The maximum absolute atomic E-state index is 12.3. The number of rotatable bonds is 2. The SMILES string of the molecule is O=C1NCCCN=C(C(O)c2cc(Br)ccc2O)c2ccccc21. The van der Waals surface area contributed by atoms with Gasteiger partial charge in [-0.25, -0.2) is 0 Å². The number of carbonyl (C=O) groups is 1. The molecule has 0 aliphatic carbocycles. The number of hydrogen-bond donors (Lipinski definition) is 3. The van der Waals surface area contributed by atoms with E-state index in [4.69, 9.17) is 0 Å². The smallest absolute Gasteiger partial charge is 0.251 e. The number of amides is 1. The minimum atomic E-state index is -1.13. The van der Waals surface area contributed by atoms with Crippen LogP contribution in [0.25, 0.3) is 0 Å². The Hall–Kier alpha value is -2.18. The molecule has 24 heavy (non-hydrogen) atoms. The largest absolute Gasteiger partial charge is 0.508 e. The summed E-state index contributed by atoms with van der Waals surface area (Å²) in [5.74, 6) is -0.207. The lowest BCUT2D eigenvalue weighted by Crippen LogP contribution is -2.26. The lowest BCUT2D eigenvalue weighted by Gasteiger charge is -2.18. The molecule has 3 N–H and O–H groups in total. The Labute approximate surface area is 148 Å². The molecule has 2 aromatic carbocycles. The third kappa shape index (κ3) is 3.34. The second-order valence-corrected chi connectivity index (χ2v) is 6.44. The summed E-state index contributed by atoms with van der Waals surface area (Å²) >= 11 is 3.34. The van der Waals surface area contributed by atoms with Crippen LogP contribution in [0.15, 0.2) is 51.9 Å². The minimum Gasteiger partial charge on any atom is -0.508 e. The number of fused-ring (bicyclic) bond motifs is 1. The van der Waals surface area contributed by atoms with Crippen molar-refractivity contribution >= 4 is 27.5 Å². The standard InChI is InChI=1S/C18H17BrN2O3/c19-11-6-7-15(22)14(10-11)17(23)16-12-4-1-2-5-13(12)18(24)21-9-3-8-20-16/h1-2,4-7,10,17,22-23H,3,8-9H2,(H,21,24). The van der Waals surface area contributed by atoms with Gasteiger partial charge in [-0.15, -0.1) is 0 Å². The number of aliphatic imine (C=N–C) groups is 1. The molecular weight excluding hydrogens is 372 g/mol. The summed E-state index contributed by atoms with van der Waals surface area (Å²) < 4.78 is 0.740. The first kappa shape index (κ1) is 16.7. The van der Waals surface area contributed by atoms with E-state index in [2.05, 4.69) is 26.2 Å². The second-order valence-electron chi connectivity index (χ2n) is 5.53. The van der Waals surface area contributed by atoms with Gasteiger partial charge in [0.1, 0.15) is 11.9 Å². The number of nitrogens with zero attached hydrogens (tertiary/aromatic N) is 1. The van der Waals surface area contributed by atoms with Gasteiger partial charge >= 0.3 is 0 Å². The van der Waals surface area contributed by atoms with Crippen molar-refractivity contribution in [1.29, 1.82) is 0 Å². The summed E-state index contributed by atoms with van der Waals surface area (Å²) in [7, 11) is 0. The summed E-state index contributed by atoms with van der Waals surface area (Å²) in [6.45, 7) is 1.01. The number of aliphatic hydroxyl groups excluding tert-OH is 1. The number of benzene rings is 2. The number of phenols is 1. The van der Waals surface area contributed by atoms with Crippen molar-refractivity contribution in [2.24, 2.45) is 4.99 Å². The second kappa shape index (κ2) is 7.15. The highest BCUT2D eigenvalue weighted by atomic mass is 79.9. The van der Waals surface area contributed by atoms with Crippen LogP contribution in [0.5, 0.6) is 5.75 Å². The fraction of sp³-hybridized carbons (Fsp3) is 0.222. The molecule has 124 valence electrons. The van der Waals surface area contributed by atoms with Gasteiger partial charge in [-0.1, -0.05) is 34.1 Å². The molecule has 0 bridgehead atoms. The van der Waals surface area contributed by atoms with Crippen molar-refractivity contribution < 1.29 is 15.0 Å². The molecule has 0 spiro atoms. The zero-order valence-electron chi connectivity index (χ0n) is 12.9. The molecule has 0 saturated heterocycles. The molecule has 1 atom stereocenters. The van der Waals surface area contributed by atoms with Crippen LogP contribution in [0.1, 0.15) is 34.0 Å². The fourth-order valence-corrected chi connectivity index (χ4v) is 3.07. The van der Waals surface area contributed by atoms with Crippen LogP contribution in [-0.4, -0.2) is 34.9 Å². The van der Waals surface area contributed by atoms with Gasteiger partial charge in [0.05, 0.1) is 5.71 Å². The van der Waals surface area contributed by atoms with E-state index in [1.54, 1.807) is 36.4 Å². The van der Waals surface area contributed by atoms with Crippen molar-refractivity contribution in [2.75, 3.05) is 13.1 Å². The molecule has 1 unspecified atom stereocenters. The molecule has 0 fully saturated rings. The molecule has 3 rings (SSSR count). The quantitative estimate of drug-likeness (QED) is 0.739. The Kier molecular flexibility index (Phi) is 4.97. The van der Waals surface area contributed by atoms with Crippen LogP contribution in [0.4, 0.5) is 0 Å². The molecular formula is C18H17BrN2O3. The van der Waals surface area contributed by atoms with Crippen LogP contribution in [0, 0.1) is 0 Å². The summed E-state index contributed by atoms with van der Waals surface area (Å²) in [4.78, 5) is 16.8. The Morgan fingerprint density at radius 1 is 1.17 bits per heavy atom. The molecule has 1 heterocycles. The lowest BCUT2D eigenvalue weighted by molar-refractivity contribution is 0.0953. The minimum absolute atomic E-state index is 0.0183. The van der Waals surface area contributed by atoms with Gasteiger partial charge in [-0.05, 0) is 30.7 Å². The number of aliphatic hydroxyl groups is 1. The predicted molar refractivity (Wildman–Crippen MR) is 95.6 cm³/mol. The van der Waals surface area contributed by atoms with Crippen molar-refractivity contribution in [2.45, 2.75) is 12.5 Å². The van der Waals surface area contributed by atoms with Crippen LogP contribution in [0.3, 0.4) is 0 Å². The Balaban J connectivity index is 2.12. The van der Waals surface area contributed by atoms with E-state index in [9.17, 15) is 15.0 Å². The molecule has 1 amide bonds. The highest BCUT2D eigenvalue weighted by molar-refractivity contribution is 9.10. The van der Waals surface area contributed by atoms with Crippen molar-refractivity contribution in [3.63, 3.8) is 0 Å². The number of phenolic OH excluding ortho intramolecular Hbond substituents is 1. The zero-order valence-corrected chi connectivity index (χ0v) is 14.5. The third-order valence-corrected chi connectivity index (χ3v) is 4.39. The van der Waals surface area contributed by atoms with Crippen molar-refractivity contribution in [3.8, 4) is 5.75 Å². The molecule has 6 heteroatoms. The normalized spacial score (nSPS) is 16.1.